The quantitative estimate of drug-likeness (QED) is 0.801. The lowest BCUT2D eigenvalue weighted by atomic mass is 10.0. The number of nitrogens with zero attached hydrogens (tertiary/aromatic N) is 3. The van der Waals surface area contributed by atoms with E-state index >= 15 is 0 Å². The summed E-state index contributed by atoms with van der Waals surface area (Å²) in [4.78, 5) is 16.3. The van der Waals surface area contributed by atoms with E-state index in [2.05, 4.69) is 35.2 Å². The third-order valence-corrected chi connectivity index (χ3v) is 4.68. The van der Waals surface area contributed by atoms with Gasteiger partial charge in [-0.05, 0) is 55.7 Å². The van der Waals surface area contributed by atoms with Crippen LogP contribution < -0.4 is 0 Å². The van der Waals surface area contributed by atoms with Crippen LogP contribution in [-0.2, 0) is 11.3 Å². The van der Waals surface area contributed by atoms with Gasteiger partial charge < -0.3 is 9.64 Å². The molecular weight excluding hydrogens is 350 g/mol. The lowest BCUT2D eigenvalue weighted by molar-refractivity contribution is 0.0139. The van der Waals surface area contributed by atoms with Crippen molar-refractivity contribution in [3.8, 4) is 17.2 Å². The Bertz CT molecular complexity index is 872. The van der Waals surface area contributed by atoms with Crippen LogP contribution in [0.1, 0.15) is 31.9 Å². The Morgan fingerprint density at radius 1 is 1.04 bits per heavy atom. The largest absolute Gasteiger partial charge is 0.444 e. The van der Waals surface area contributed by atoms with Gasteiger partial charge >= 0.3 is 6.09 Å². The van der Waals surface area contributed by atoms with Gasteiger partial charge in [-0.3, -0.25) is 4.90 Å². The normalized spacial score (nSPS) is 15.1. The van der Waals surface area contributed by atoms with Crippen LogP contribution in [0.2, 0.25) is 0 Å². The lowest BCUT2D eigenvalue weighted by Crippen LogP contribution is -2.49. The molecule has 0 bridgehead atoms. The molecule has 0 saturated carbocycles. The second kappa shape index (κ2) is 8.45. The zero-order chi connectivity index (χ0) is 20.1. The first-order chi connectivity index (χ1) is 13.3. The number of hydrogen-bond donors (Lipinski definition) is 0. The molecular formula is C23H27N3O2. The van der Waals surface area contributed by atoms with Gasteiger partial charge in [-0.25, -0.2) is 4.79 Å². The molecule has 0 aromatic heterocycles. The Balaban J connectivity index is 1.60. The van der Waals surface area contributed by atoms with Gasteiger partial charge in [-0.1, -0.05) is 30.3 Å². The summed E-state index contributed by atoms with van der Waals surface area (Å²) in [5, 5.41) is 9.11. The molecule has 1 fully saturated rings. The third-order valence-electron chi connectivity index (χ3n) is 4.68. The first-order valence-electron chi connectivity index (χ1n) is 9.64. The Morgan fingerprint density at radius 3 is 2.32 bits per heavy atom. The molecule has 0 radical (unpaired) electrons. The molecule has 5 heteroatoms. The van der Waals surface area contributed by atoms with Crippen molar-refractivity contribution in [2.75, 3.05) is 26.2 Å². The average molecular weight is 377 g/mol. The number of piperazine rings is 1. The van der Waals surface area contributed by atoms with Crippen molar-refractivity contribution < 1.29 is 9.53 Å². The van der Waals surface area contributed by atoms with Gasteiger partial charge in [0.05, 0.1) is 11.6 Å². The summed E-state index contributed by atoms with van der Waals surface area (Å²) >= 11 is 0. The van der Waals surface area contributed by atoms with E-state index < -0.39 is 5.60 Å². The van der Waals surface area contributed by atoms with Crippen molar-refractivity contribution >= 4 is 6.09 Å². The number of carbonyl (C=O) groups excluding carboxylic acids is 1. The summed E-state index contributed by atoms with van der Waals surface area (Å²) < 4.78 is 5.46. The standard InChI is InChI=1S/C23H27N3O2/c1-23(2,3)28-22(27)26-12-10-25(11-13-26)17-19-7-5-9-21(15-19)20-8-4-6-18(14-20)16-24/h4-9,14-15H,10-13,17H2,1-3H3. The summed E-state index contributed by atoms with van der Waals surface area (Å²) in [6, 6.07) is 18.3. The number of amides is 1. The molecule has 3 rings (SSSR count). The van der Waals surface area contributed by atoms with E-state index in [1.54, 1.807) is 4.90 Å². The first kappa shape index (κ1) is 19.9. The van der Waals surface area contributed by atoms with Gasteiger partial charge in [0, 0.05) is 32.7 Å². The number of nitriles is 1. The molecule has 0 aliphatic carbocycles. The zero-order valence-corrected chi connectivity index (χ0v) is 16.8. The SMILES string of the molecule is CC(C)(C)OC(=O)N1CCN(Cc2cccc(-c3cccc(C#N)c3)c2)CC1. The van der Waals surface area contributed by atoms with Gasteiger partial charge in [-0.15, -0.1) is 0 Å². The van der Waals surface area contributed by atoms with Crippen LogP contribution in [0.15, 0.2) is 48.5 Å². The molecule has 0 unspecified atom stereocenters. The minimum Gasteiger partial charge on any atom is -0.444 e. The maximum absolute atomic E-state index is 12.2. The molecule has 0 spiro atoms. The number of ether oxygens (including phenoxy) is 1. The minimum atomic E-state index is -0.461. The van der Waals surface area contributed by atoms with Crippen molar-refractivity contribution in [2.24, 2.45) is 0 Å². The lowest BCUT2D eigenvalue weighted by Gasteiger charge is -2.35. The van der Waals surface area contributed by atoms with Gasteiger partial charge in [0.2, 0.25) is 0 Å². The molecule has 1 aliphatic rings. The van der Waals surface area contributed by atoms with Crippen molar-refractivity contribution in [1.29, 1.82) is 5.26 Å². The fourth-order valence-electron chi connectivity index (χ4n) is 3.29. The fourth-order valence-corrected chi connectivity index (χ4v) is 3.29. The number of benzene rings is 2. The molecule has 1 heterocycles. The third kappa shape index (κ3) is 5.34. The smallest absolute Gasteiger partial charge is 0.410 e. The summed E-state index contributed by atoms with van der Waals surface area (Å²) in [6.45, 7) is 9.52. The first-order valence-corrected chi connectivity index (χ1v) is 9.64. The Hall–Kier alpha value is -2.84. The zero-order valence-electron chi connectivity index (χ0n) is 16.8. The van der Waals surface area contributed by atoms with Gasteiger partial charge in [0.25, 0.3) is 0 Å². The highest BCUT2D eigenvalue weighted by Crippen LogP contribution is 2.22. The van der Waals surface area contributed by atoms with E-state index in [1.165, 1.54) is 5.56 Å². The maximum Gasteiger partial charge on any atom is 0.410 e. The molecule has 146 valence electrons. The van der Waals surface area contributed by atoms with Crippen LogP contribution in [0.3, 0.4) is 0 Å². The Labute approximate surface area is 167 Å². The summed E-state index contributed by atoms with van der Waals surface area (Å²) in [5.41, 5.74) is 3.60. The molecule has 28 heavy (non-hydrogen) atoms. The van der Waals surface area contributed by atoms with E-state index in [1.807, 2.05) is 45.0 Å². The van der Waals surface area contributed by atoms with Crippen LogP contribution in [0.25, 0.3) is 11.1 Å². The van der Waals surface area contributed by atoms with E-state index in [0.29, 0.717) is 18.7 Å². The fraction of sp³-hybridized carbons (Fsp3) is 0.391. The minimum absolute atomic E-state index is 0.230. The summed E-state index contributed by atoms with van der Waals surface area (Å²) in [6.07, 6.45) is -0.230. The van der Waals surface area contributed by atoms with Crippen molar-refractivity contribution in [1.82, 2.24) is 9.80 Å². The summed E-state index contributed by atoms with van der Waals surface area (Å²) in [7, 11) is 0. The molecule has 1 amide bonds. The molecule has 2 aromatic carbocycles. The van der Waals surface area contributed by atoms with Crippen molar-refractivity contribution in [3.63, 3.8) is 0 Å². The number of rotatable bonds is 3. The Morgan fingerprint density at radius 2 is 1.68 bits per heavy atom. The van der Waals surface area contributed by atoms with Crippen LogP contribution in [0.4, 0.5) is 4.79 Å². The maximum atomic E-state index is 12.2. The monoisotopic (exact) mass is 377 g/mol. The van der Waals surface area contributed by atoms with Gasteiger partial charge in [0.15, 0.2) is 0 Å². The van der Waals surface area contributed by atoms with Crippen LogP contribution >= 0.6 is 0 Å². The van der Waals surface area contributed by atoms with E-state index in [4.69, 9.17) is 10.00 Å². The highest BCUT2D eigenvalue weighted by Gasteiger charge is 2.25. The van der Waals surface area contributed by atoms with E-state index in [-0.39, 0.29) is 6.09 Å². The van der Waals surface area contributed by atoms with Crippen molar-refractivity contribution in [3.05, 3.63) is 59.7 Å². The Kier molecular flexibility index (Phi) is 6.01. The molecule has 5 nitrogen and oxygen atoms in total. The molecule has 1 saturated heterocycles. The van der Waals surface area contributed by atoms with Gasteiger partial charge in [-0.2, -0.15) is 5.26 Å². The second-order valence-corrected chi connectivity index (χ2v) is 8.14. The van der Waals surface area contributed by atoms with Crippen LogP contribution in [-0.4, -0.2) is 47.7 Å². The van der Waals surface area contributed by atoms with Crippen molar-refractivity contribution in [2.45, 2.75) is 32.9 Å². The summed E-state index contributed by atoms with van der Waals surface area (Å²) in [5.74, 6) is 0. The highest BCUT2D eigenvalue weighted by atomic mass is 16.6. The molecule has 2 aromatic rings. The molecule has 0 N–H and O–H groups in total. The van der Waals surface area contributed by atoms with Crippen LogP contribution in [0.5, 0.6) is 0 Å². The molecule has 0 atom stereocenters. The average Bonchev–Trinajstić information content (AvgIpc) is 2.67. The number of carbonyl (C=O) groups is 1. The number of hydrogen-bond acceptors (Lipinski definition) is 4. The second-order valence-electron chi connectivity index (χ2n) is 8.14. The highest BCUT2D eigenvalue weighted by molar-refractivity contribution is 5.68. The topological polar surface area (TPSA) is 56.6 Å². The predicted molar refractivity (Wildman–Crippen MR) is 110 cm³/mol. The van der Waals surface area contributed by atoms with Crippen LogP contribution in [0, 0.1) is 11.3 Å². The van der Waals surface area contributed by atoms with Gasteiger partial charge in [0.1, 0.15) is 5.60 Å². The van der Waals surface area contributed by atoms with E-state index in [0.717, 1.165) is 30.8 Å². The predicted octanol–water partition coefficient (Wildman–Crippen LogP) is 4.28. The van der Waals surface area contributed by atoms with E-state index in [9.17, 15) is 4.79 Å². The molecule has 1 aliphatic heterocycles.